The van der Waals surface area contributed by atoms with Crippen LogP contribution in [0.4, 0.5) is 0 Å². The monoisotopic (exact) mass is 1020 g/mol. The summed E-state index contributed by atoms with van der Waals surface area (Å²) in [6.45, 7) is 6.38. The number of esters is 3. The first-order chi connectivity index (χ1) is 36.5. The highest BCUT2D eigenvalue weighted by atomic mass is 16.6. The summed E-state index contributed by atoms with van der Waals surface area (Å²) in [5.74, 6) is -0.948. The zero-order chi connectivity index (χ0) is 53.6. The predicted molar refractivity (Wildman–Crippen MR) is 320 cm³/mol. The summed E-state index contributed by atoms with van der Waals surface area (Å²) in [4.78, 5) is 38.3. The van der Waals surface area contributed by atoms with Crippen molar-refractivity contribution in [2.75, 3.05) is 13.2 Å². The van der Waals surface area contributed by atoms with Gasteiger partial charge in [-0.3, -0.25) is 14.4 Å². The second-order valence-electron chi connectivity index (χ2n) is 19.8. The summed E-state index contributed by atoms with van der Waals surface area (Å²) in [7, 11) is 0. The summed E-state index contributed by atoms with van der Waals surface area (Å²) in [5, 5.41) is 0. The van der Waals surface area contributed by atoms with Crippen LogP contribution < -0.4 is 0 Å². The van der Waals surface area contributed by atoms with Gasteiger partial charge in [0.2, 0.25) is 0 Å². The van der Waals surface area contributed by atoms with E-state index in [1.807, 2.05) is 0 Å². The van der Waals surface area contributed by atoms with Gasteiger partial charge in [-0.15, -0.1) is 0 Å². The molecule has 0 fully saturated rings. The first kappa shape index (κ1) is 69.8. The van der Waals surface area contributed by atoms with Gasteiger partial charge in [-0.2, -0.15) is 0 Å². The van der Waals surface area contributed by atoms with Crippen LogP contribution in [0.2, 0.25) is 0 Å². The van der Waals surface area contributed by atoms with E-state index < -0.39 is 6.10 Å². The minimum atomic E-state index is -0.806. The Balaban J connectivity index is 4.50. The molecule has 0 heterocycles. The van der Waals surface area contributed by atoms with Gasteiger partial charge in [-0.05, 0) is 128 Å². The maximum absolute atomic E-state index is 12.9. The van der Waals surface area contributed by atoms with E-state index in [9.17, 15) is 14.4 Å². The van der Waals surface area contributed by atoms with E-state index in [0.29, 0.717) is 19.3 Å². The number of carbonyl (C=O) groups excluding carboxylic acids is 3. The topological polar surface area (TPSA) is 78.9 Å². The van der Waals surface area contributed by atoms with E-state index in [-0.39, 0.29) is 31.1 Å². The number of carbonyl (C=O) groups is 3. The highest BCUT2D eigenvalue weighted by Gasteiger charge is 2.19. The van der Waals surface area contributed by atoms with E-state index in [1.165, 1.54) is 96.3 Å². The molecular weight excluding hydrogens is 913 g/mol. The Morgan fingerprint density at radius 1 is 0.284 bits per heavy atom. The molecule has 0 bridgehead atoms. The van der Waals surface area contributed by atoms with Crippen LogP contribution in [0.3, 0.4) is 0 Å². The molecule has 6 nitrogen and oxygen atoms in total. The summed E-state index contributed by atoms with van der Waals surface area (Å²) in [6, 6.07) is 0. The molecule has 0 saturated carbocycles. The van der Waals surface area contributed by atoms with Crippen LogP contribution in [0.15, 0.2) is 122 Å². The molecule has 6 heteroatoms. The normalized spacial score (nSPS) is 13.0. The lowest BCUT2D eigenvalue weighted by atomic mass is 10.1. The maximum Gasteiger partial charge on any atom is 0.306 e. The Hall–Kier alpha value is -4.19. The van der Waals surface area contributed by atoms with Crippen molar-refractivity contribution >= 4 is 17.9 Å². The van der Waals surface area contributed by atoms with Crippen LogP contribution in [0.5, 0.6) is 0 Å². The summed E-state index contributed by atoms with van der Waals surface area (Å²) < 4.78 is 16.9. The molecule has 0 aromatic carbocycles. The van der Waals surface area contributed by atoms with Gasteiger partial charge in [0, 0.05) is 19.3 Å². The van der Waals surface area contributed by atoms with Gasteiger partial charge in [0.25, 0.3) is 0 Å². The van der Waals surface area contributed by atoms with Crippen LogP contribution in [-0.2, 0) is 28.6 Å². The Kier molecular flexibility index (Phi) is 57.9. The zero-order valence-corrected chi connectivity index (χ0v) is 48.1. The molecule has 0 saturated heterocycles. The number of rotatable bonds is 54. The standard InChI is InChI=1S/C68H112O6/c1-4-7-10-13-16-19-22-25-28-31-34-37-40-43-46-49-52-55-58-61-67(70)73-64-65(63-72-66(69)60-57-54-51-48-45-42-39-36-33-30-27-24-21-18-15-12-9-6-3)74-68(71)62-59-56-53-50-47-44-41-38-35-32-29-26-23-20-17-14-11-8-5-2/h7-8,10-11,16-17,19-20,25-26,28-30,33-35,37-38,43,46,65H,4-6,9,12-15,18,21-24,27,31-32,36,39-42,44-45,47-64H2,1-3H3/b10-7-,11-8-,19-16-,20-17-,28-25-,29-26-,33-30-,37-34-,38-35-,46-43-. The second-order valence-corrected chi connectivity index (χ2v) is 19.8. The number of ether oxygens (including phenoxy) is 3. The van der Waals surface area contributed by atoms with E-state index in [0.717, 1.165) is 135 Å². The molecule has 0 aromatic heterocycles. The van der Waals surface area contributed by atoms with Crippen molar-refractivity contribution in [3.05, 3.63) is 122 Å². The first-order valence-corrected chi connectivity index (χ1v) is 30.5. The highest BCUT2D eigenvalue weighted by molar-refractivity contribution is 5.71. The third-order valence-corrected chi connectivity index (χ3v) is 12.7. The van der Waals surface area contributed by atoms with Gasteiger partial charge in [0.15, 0.2) is 6.10 Å². The molecule has 0 aliphatic rings. The predicted octanol–water partition coefficient (Wildman–Crippen LogP) is 20.8. The fourth-order valence-corrected chi connectivity index (χ4v) is 8.16. The molecule has 0 N–H and O–H groups in total. The number of hydrogen-bond donors (Lipinski definition) is 0. The molecular formula is C68H112O6. The Labute approximate surface area is 456 Å². The second kappa shape index (κ2) is 61.4. The van der Waals surface area contributed by atoms with Gasteiger partial charge < -0.3 is 14.2 Å². The fourth-order valence-electron chi connectivity index (χ4n) is 8.16. The van der Waals surface area contributed by atoms with E-state index in [1.54, 1.807) is 0 Å². The lowest BCUT2D eigenvalue weighted by Crippen LogP contribution is -2.30. The van der Waals surface area contributed by atoms with E-state index >= 15 is 0 Å². The minimum absolute atomic E-state index is 0.0993. The lowest BCUT2D eigenvalue weighted by molar-refractivity contribution is -0.167. The van der Waals surface area contributed by atoms with Crippen LogP contribution in [0.1, 0.15) is 271 Å². The van der Waals surface area contributed by atoms with Crippen molar-refractivity contribution in [2.45, 2.75) is 277 Å². The van der Waals surface area contributed by atoms with Crippen molar-refractivity contribution in [1.29, 1.82) is 0 Å². The molecule has 420 valence electrons. The molecule has 0 amide bonds. The van der Waals surface area contributed by atoms with Gasteiger partial charge in [-0.1, -0.05) is 245 Å². The van der Waals surface area contributed by atoms with Crippen LogP contribution in [0, 0.1) is 0 Å². The van der Waals surface area contributed by atoms with Gasteiger partial charge in [-0.25, -0.2) is 0 Å². The number of hydrogen-bond acceptors (Lipinski definition) is 6. The Morgan fingerprint density at radius 3 is 0.851 bits per heavy atom. The molecule has 0 rings (SSSR count). The van der Waals surface area contributed by atoms with Crippen molar-refractivity contribution in [3.63, 3.8) is 0 Å². The quantitative estimate of drug-likeness (QED) is 0.0261. The molecule has 1 unspecified atom stereocenters. The third-order valence-electron chi connectivity index (χ3n) is 12.7. The Bertz CT molecular complexity index is 1550. The van der Waals surface area contributed by atoms with Crippen molar-refractivity contribution in [3.8, 4) is 0 Å². The lowest BCUT2D eigenvalue weighted by Gasteiger charge is -2.18. The van der Waals surface area contributed by atoms with Crippen molar-refractivity contribution in [2.24, 2.45) is 0 Å². The molecule has 1 atom stereocenters. The first-order valence-electron chi connectivity index (χ1n) is 30.5. The Morgan fingerprint density at radius 2 is 0.527 bits per heavy atom. The van der Waals surface area contributed by atoms with Gasteiger partial charge in [0.05, 0.1) is 0 Å². The number of unbranched alkanes of at least 4 members (excludes halogenated alkanes) is 23. The summed E-state index contributed by atoms with van der Waals surface area (Å²) in [5.41, 5.74) is 0. The van der Waals surface area contributed by atoms with Crippen molar-refractivity contribution in [1.82, 2.24) is 0 Å². The fraction of sp³-hybridized carbons (Fsp3) is 0.662. The van der Waals surface area contributed by atoms with E-state index in [4.69, 9.17) is 14.2 Å². The number of allylic oxidation sites excluding steroid dienone is 20. The highest BCUT2D eigenvalue weighted by Crippen LogP contribution is 2.14. The largest absolute Gasteiger partial charge is 0.462 e. The van der Waals surface area contributed by atoms with Crippen molar-refractivity contribution < 1.29 is 28.6 Å². The summed E-state index contributed by atoms with van der Waals surface area (Å²) in [6.07, 6.45) is 84.7. The molecule has 0 aromatic rings. The molecule has 0 radical (unpaired) electrons. The average molecular weight is 1030 g/mol. The van der Waals surface area contributed by atoms with Gasteiger partial charge in [0.1, 0.15) is 13.2 Å². The van der Waals surface area contributed by atoms with Gasteiger partial charge >= 0.3 is 17.9 Å². The minimum Gasteiger partial charge on any atom is -0.462 e. The SMILES string of the molecule is CC/C=C\C/C=C\C/C=C\C/C=C\C/C=C\CCCCCC(=O)OCC(COC(=O)CCCCCCCCC/C=C\CCCCCCCCC)OC(=O)CCCCCCCC/C=C\C/C=C\C/C=C\C/C=C\CC. The molecule has 74 heavy (non-hydrogen) atoms. The van der Waals surface area contributed by atoms with E-state index in [2.05, 4.69) is 142 Å². The smallest absolute Gasteiger partial charge is 0.306 e. The van der Waals surface area contributed by atoms with Crippen LogP contribution in [-0.4, -0.2) is 37.2 Å². The molecule has 0 spiro atoms. The zero-order valence-electron chi connectivity index (χ0n) is 48.1. The van der Waals surface area contributed by atoms with Crippen LogP contribution in [0.25, 0.3) is 0 Å². The average Bonchev–Trinajstić information content (AvgIpc) is 3.40. The molecule has 0 aliphatic heterocycles. The van der Waals surface area contributed by atoms with Crippen LogP contribution >= 0.6 is 0 Å². The maximum atomic E-state index is 12.9. The molecule has 0 aliphatic carbocycles. The summed E-state index contributed by atoms with van der Waals surface area (Å²) >= 11 is 0. The third kappa shape index (κ3) is 58.7.